The maximum Gasteiger partial charge on any atom is 0.332 e. The molecule has 32 heavy (non-hydrogen) atoms. The molecule has 0 spiro atoms. The summed E-state index contributed by atoms with van der Waals surface area (Å²) in [6, 6.07) is 13.2. The second-order valence-electron chi connectivity index (χ2n) is 8.10. The van der Waals surface area contributed by atoms with Gasteiger partial charge in [-0.15, -0.1) is 11.8 Å². The molecule has 3 atom stereocenters. The molecule has 9 heteroatoms. The van der Waals surface area contributed by atoms with E-state index in [-0.39, 0.29) is 40.7 Å². The van der Waals surface area contributed by atoms with Crippen LogP contribution >= 0.6 is 23.4 Å². The van der Waals surface area contributed by atoms with Gasteiger partial charge in [0.05, 0.1) is 34.1 Å². The number of nitrogens with zero attached hydrogens (tertiary/aromatic N) is 4. The van der Waals surface area contributed by atoms with Gasteiger partial charge in [-0.25, -0.2) is 9.69 Å². The van der Waals surface area contributed by atoms with E-state index in [1.165, 1.54) is 17.8 Å². The molecule has 0 radical (unpaired) electrons. The third-order valence-electron chi connectivity index (χ3n) is 6.41. The van der Waals surface area contributed by atoms with Crippen molar-refractivity contribution in [2.24, 2.45) is 0 Å². The molecule has 2 bridgehead atoms. The number of rotatable bonds is 4. The number of piperazine rings is 1. The lowest BCUT2D eigenvalue weighted by Crippen LogP contribution is -2.55. The summed E-state index contributed by atoms with van der Waals surface area (Å²) in [5, 5.41) is 9.41. The Kier molecular flexibility index (Phi) is 5.11. The van der Waals surface area contributed by atoms with Gasteiger partial charge in [0.15, 0.2) is 0 Å². The van der Waals surface area contributed by atoms with Crippen LogP contribution in [-0.4, -0.2) is 58.1 Å². The summed E-state index contributed by atoms with van der Waals surface area (Å²) in [6.07, 6.45) is 0.616. The van der Waals surface area contributed by atoms with Crippen molar-refractivity contribution < 1.29 is 14.4 Å². The molecule has 0 aromatic heterocycles. The molecule has 1 unspecified atom stereocenters. The first kappa shape index (κ1) is 20.9. The van der Waals surface area contributed by atoms with Crippen LogP contribution in [0.5, 0.6) is 0 Å². The van der Waals surface area contributed by atoms with Crippen LogP contribution in [0.25, 0.3) is 0 Å². The van der Waals surface area contributed by atoms with Crippen LogP contribution in [0.2, 0.25) is 5.02 Å². The molecule has 3 fully saturated rings. The summed E-state index contributed by atoms with van der Waals surface area (Å²) in [7, 11) is 0. The van der Waals surface area contributed by atoms with Crippen LogP contribution in [0.4, 0.5) is 10.5 Å². The zero-order valence-electron chi connectivity index (χ0n) is 17.2. The molecule has 3 aliphatic rings. The van der Waals surface area contributed by atoms with E-state index in [0.29, 0.717) is 29.8 Å². The Morgan fingerprint density at radius 1 is 1.22 bits per heavy atom. The molecule has 0 N–H and O–H groups in total. The number of likely N-dealkylation sites (tertiary alicyclic amines) is 1. The average Bonchev–Trinajstić information content (AvgIpc) is 3.47. The quantitative estimate of drug-likeness (QED) is 0.509. The first-order valence-corrected chi connectivity index (χ1v) is 11.6. The summed E-state index contributed by atoms with van der Waals surface area (Å²) in [5.74, 6) is -0.0854. The van der Waals surface area contributed by atoms with Gasteiger partial charge in [-0.1, -0.05) is 29.8 Å². The van der Waals surface area contributed by atoms with Crippen molar-refractivity contribution >= 4 is 46.9 Å². The van der Waals surface area contributed by atoms with E-state index in [1.54, 1.807) is 22.8 Å². The highest BCUT2D eigenvalue weighted by Crippen LogP contribution is 2.43. The maximum absolute atomic E-state index is 13.4. The summed E-state index contributed by atoms with van der Waals surface area (Å²) in [5.41, 5.74) is 1.18. The predicted molar refractivity (Wildman–Crippen MR) is 120 cm³/mol. The highest BCUT2D eigenvalue weighted by atomic mass is 35.5. The van der Waals surface area contributed by atoms with Crippen LogP contribution in [0, 0.1) is 18.3 Å². The number of hydrogen-bond acceptors (Lipinski definition) is 5. The van der Waals surface area contributed by atoms with Crippen LogP contribution in [0.15, 0.2) is 47.4 Å². The number of amides is 4. The summed E-state index contributed by atoms with van der Waals surface area (Å²) < 4.78 is 0. The van der Waals surface area contributed by atoms with E-state index < -0.39 is 6.04 Å². The molecule has 3 heterocycles. The monoisotopic (exact) mass is 466 g/mol. The van der Waals surface area contributed by atoms with Gasteiger partial charge in [0.25, 0.3) is 5.91 Å². The topological polar surface area (TPSA) is 84.7 Å². The number of carbonyl (C=O) groups is 3. The number of carbonyl (C=O) groups excluding carboxylic acids is 3. The summed E-state index contributed by atoms with van der Waals surface area (Å²) in [6.45, 7) is 2.13. The molecule has 2 aromatic carbocycles. The van der Waals surface area contributed by atoms with Crippen LogP contribution in [-0.2, 0) is 9.59 Å². The van der Waals surface area contributed by atoms with Crippen molar-refractivity contribution in [2.45, 2.75) is 36.4 Å². The number of benzene rings is 2. The van der Waals surface area contributed by atoms with Gasteiger partial charge < -0.3 is 9.80 Å². The Balaban J connectivity index is 1.37. The molecule has 7 nitrogen and oxygen atoms in total. The molecule has 2 aromatic rings. The summed E-state index contributed by atoms with van der Waals surface area (Å²) >= 11 is 7.74. The van der Waals surface area contributed by atoms with Gasteiger partial charge in [0.1, 0.15) is 12.1 Å². The first-order chi connectivity index (χ1) is 15.4. The van der Waals surface area contributed by atoms with E-state index in [9.17, 15) is 19.6 Å². The SMILES string of the molecule is Cc1c(N2C(=O)[C@@H]3C4C[C@H](CN4C(=O)CSc4ccccc4)N3C2=O)ccc(C#N)c1Cl. The zero-order chi connectivity index (χ0) is 22.6. The van der Waals surface area contributed by atoms with Crippen molar-refractivity contribution in [3.8, 4) is 6.07 Å². The average molecular weight is 467 g/mol. The highest BCUT2D eigenvalue weighted by Gasteiger charge is 2.62. The van der Waals surface area contributed by atoms with Crippen LogP contribution in [0.1, 0.15) is 17.5 Å². The Bertz CT molecular complexity index is 1180. The van der Waals surface area contributed by atoms with Crippen LogP contribution < -0.4 is 4.90 Å². The lowest BCUT2D eigenvalue weighted by molar-refractivity contribution is -0.133. The lowest BCUT2D eigenvalue weighted by atomic mass is 10.1. The molecule has 0 aliphatic carbocycles. The molecule has 3 aliphatic heterocycles. The van der Waals surface area contributed by atoms with Crippen LogP contribution in [0.3, 0.4) is 0 Å². The van der Waals surface area contributed by atoms with Crippen molar-refractivity contribution in [2.75, 3.05) is 17.2 Å². The van der Waals surface area contributed by atoms with E-state index in [0.717, 1.165) is 9.80 Å². The fourth-order valence-electron chi connectivity index (χ4n) is 4.91. The van der Waals surface area contributed by atoms with Gasteiger partial charge in [0.2, 0.25) is 5.91 Å². The molecule has 3 saturated heterocycles. The van der Waals surface area contributed by atoms with Gasteiger partial charge >= 0.3 is 6.03 Å². The highest BCUT2D eigenvalue weighted by molar-refractivity contribution is 8.00. The molecular formula is C23H19ClN4O3S. The second kappa shape index (κ2) is 7.84. The smallest absolute Gasteiger partial charge is 0.332 e. The van der Waals surface area contributed by atoms with E-state index in [1.807, 2.05) is 36.4 Å². The molecule has 162 valence electrons. The fourth-order valence-corrected chi connectivity index (χ4v) is 5.92. The lowest BCUT2D eigenvalue weighted by Gasteiger charge is -2.34. The Labute approximate surface area is 194 Å². The van der Waals surface area contributed by atoms with Crippen molar-refractivity contribution in [1.82, 2.24) is 9.80 Å². The largest absolute Gasteiger partial charge is 0.334 e. The second-order valence-corrected chi connectivity index (χ2v) is 9.52. The molecular weight excluding hydrogens is 448 g/mol. The van der Waals surface area contributed by atoms with Gasteiger partial charge in [0, 0.05) is 11.4 Å². The molecule has 4 amide bonds. The zero-order valence-corrected chi connectivity index (χ0v) is 18.8. The molecule has 5 rings (SSSR count). The third-order valence-corrected chi connectivity index (χ3v) is 7.89. The van der Waals surface area contributed by atoms with Crippen molar-refractivity contribution in [3.05, 3.63) is 58.6 Å². The number of thioether (sulfide) groups is 1. The van der Waals surface area contributed by atoms with Gasteiger partial charge in [-0.05, 0) is 43.2 Å². The van der Waals surface area contributed by atoms with Gasteiger partial charge in [-0.2, -0.15) is 5.26 Å². The summed E-state index contributed by atoms with van der Waals surface area (Å²) in [4.78, 5) is 45.0. The molecule has 0 saturated carbocycles. The van der Waals surface area contributed by atoms with E-state index in [2.05, 4.69) is 0 Å². The fraction of sp³-hybridized carbons (Fsp3) is 0.304. The number of urea groups is 1. The maximum atomic E-state index is 13.4. The Morgan fingerprint density at radius 2 is 1.97 bits per heavy atom. The van der Waals surface area contributed by atoms with E-state index in [4.69, 9.17) is 11.6 Å². The number of fused-ring (bicyclic) bond motifs is 5. The van der Waals surface area contributed by atoms with Crippen molar-refractivity contribution in [1.29, 1.82) is 5.26 Å². The number of halogens is 1. The number of anilines is 1. The van der Waals surface area contributed by atoms with Crippen molar-refractivity contribution in [3.63, 3.8) is 0 Å². The number of nitriles is 1. The first-order valence-electron chi connectivity index (χ1n) is 10.2. The standard InChI is InChI=1S/C23H19ClN4O3S/c1-13-17(8-7-14(10-25)20(13)24)28-22(30)21-18-9-15(27(21)23(28)31)11-26(18)19(29)12-32-16-5-3-2-4-6-16/h2-8,15,18,21H,9,11-12H2,1H3/t15-,18?,21+/m1/s1. The predicted octanol–water partition coefficient (Wildman–Crippen LogP) is 3.43. The van der Waals surface area contributed by atoms with E-state index >= 15 is 0 Å². The third kappa shape index (κ3) is 3.07. The number of hydrogen-bond donors (Lipinski definition) is 0. The van der Waals surface area contributed by atoms with Gasteiger partial charge in [-0.3, -0.25) is 9.59 Å². The minimum absolute atomic E-state index is 0.0256. The minimum atomic E-state index is -0.680. The Morgan fingerprint density at radius 3 is 2.69 bits per heavy atom. The normalized spacial score (nSPS) is 23.7. The minimum Gasteiger partial charge on any atom is -0.334 e. The number of imide groups is 1. The Hall–Kier alpha value is -3.02.